The normalized spacial score (nSPS) is 16.4. The zero-order chi connectivity index (χ0) is 17.9. The smallest absolute Gasteiger partial charge is 0.227 e. The predicted molar refractivity (Wildman–Crippen MR) is 102 cm³/mol. The van der Waals surface area contributed by atoms with Crippen molar-refractivity contribution < 1.29 is 4.79 Å². The molecule has 0 fully saturated rings. The van der Waals surface area contributed by atoms with Gasteiger partial charge in [-0.1, -0.05) is 54.8 Å². The SMILES string of the molecule is CC1=CCN(CC(C(C)C)N(C)C(=O)Cc2ccc(Cl)c(Cl)c2)C1. The van der Waals surface area contributed by atoms with Crippen LogP contribution in [0, 0.1) is 5.92 Å². The maximum Gasteiger partial charge on any atom is 0.227 e. The van der Waals surface area contributed by atoms with Crippen molar-refractivity contribution in [2.75, 3.05) is 26.7 Å². The zero-order valence-corrected chi connectivity index (χ0v) is 16.4. The van der Waals surface area contributed by atoms with Gasteiger partial charge in [-0.3, -0.25) is 9.69 Å². The van der Waals surface area contributed by atoms with Crippen molar-refractivity contribution in [3.05, 3.63) is 45.5 Å². The first-order valence-corrected chi connectivity index (χ1v) is 9.11. The molecule has 1 unspecified atom stereocenters. The van der Waals surface area contributed by atoms with Crippen LogP contribution in [0.4, 0.5) is 0 Å². The number of halogens is 2. The molecule has 0 bridgehead atoms. The summed E-state index contributed by atoms with van der Waals surface area (Å²) in [6.07, 6.45) is 2.60. The van der Waals surface area contributed by atoms with E-state index in [0.29, 0.717) is 22.4 Å². The maximum atomic E-state index is 12.7. The molecule has 132 valence electrons. The summed E-state index contributed by atoms with van der Waals surface area (Å²) in [5, 5.41) is 1.00. The highest BCUT2D eigenvalue weighted by molar-refractivity contribution is 6.42. The highest BCUT2D eigenvalue weighted by atomic mass is 35.5. The van der Waals surface area contributed by atoms with Crippen molar-refractivity contribution in [1.82, 2.24) is 9.80 Å². The van der Waals surface area contributed by atoms with Crippen LogP contribution in [-0.2, 0) is 11.2 Å². The molecule has 1 aromatic carbocycles. The molecule has 0 spiro atoms. The van der Waals surface area contributed by atoms with Gasteiger partial charge in [-0.15, -0.1) is 0 Å². The molecule has 0 aromatic heterocycles. The Morgan fingerprint density at radius 2 is 2.00 bits per heavy atom. The largest absolute Gasteiger partial charge is 0.341 e. The minimum atomic E-state index is 0.107. The Morgan fingerprint density at radius 3 is 2.54 bits per heavy atom. The molecular formula is C19H26Cl2N2O. The van der Waals surface area contributed by atoms with Crippen LogP contribution in [0.1, 0.15) is 26.3 Å². The van der Waals surface area contributed by atoms with E-state index in [9.17, 15) is 4.79 Å². The molecule has 0 saturated carbocycles. The van der Waals surface area contributed by atoms with Crippen LogP contribution in [0.5, 0.6) is 0 Å². The van der Waals surface area contributed by atoms with Crippen LogP contribution < -0.4 is 0 Å². The fraction of sp³-hybridized carbons (Fsp3) is 0.526. The minimum absolute atomic E-state index is 0.107. The van der Waals surface area contributed by atoms with Crippen molar-refractivity contribution in [2.45, 2.75) is 33.2 Å². The van der Waals surface area contributed by atoms with Gasteiger partial charge in [0.2, 0.25) is 5.91 Å². The molecule has 3 nitrogen and oxygen atoms in total. The van der Waals surface area contributed by atoms with E-state index in [-0.39, 0.29) is 11.9 Å². The summed E-state index contributed by atoms with van der Waals surface area (Å²) >= 11 is 12.0. The monoisotopic (exact) mass is 368 g/mol. The van der Waals surface area contributed by atoms with Crippen LogP contribution in [0.15, 0.2) is 29.8 Å². The molecule has 5 heteroatoms. The minimum Gasteiger partial charge on any atom is -0.341 e. The highest BCUT2D eigenvalue weighted by Crippen LogP contribution is 2.23. The van der Waals surface area contributed by atoms with Gasteiger partial charge in [-0.05, 0) is 30.5 Å². The Bertz CT molecular complexity index is 628. The first kappa shape index (κ1) is 19.3. The van der Waals surface area contributed by atoms with Crippen LogP contribution in [0.3, 0.4) is 0 Å². The third kappa shape index (κ3) is 4.98. The lowest BCUT2D eigenvalue weighted by atomic mass is 10.0. The number of rotatable bonds is 6. The quantitative estimate of drug-likeness (QED) is 0.699. The summed E-state index contributed by atoms with van der Waals surface area (Å²) in [5.74, 6) is 0.504. The molecule has 1 amide bonds. The number of carbonyl (C=O) groups is 1. The van der Waals surface area contributed by atoms with Crippen LogP contribution >= 0.6 is 23.2 Å². The molecule has 1 heterocycles. The second kappa shape index (κ2) is 8.37. The van der Waals surface area contributed by atoms with Gasteiger partial charge in [0.05, 0.1) is 16.5 Å². The number of amides is 1. The van der Waals surface area contributed by atoms with Crippen molar-refractivity contribution >= 4 is 29.1 Å². The van der Waals surface area contributed by atoms with Crippen molar-refractivity contribution in [3.8, 4) is 0 Å². The Labute approximate surface area is 155 Å². The third-order valence-electron chi connectivity index (χ3n) is 4.62. The second-order valence-corrected chi connectivity index (χ2v) is 7.80. The summed E-state index contributed by atoms with van der Waals surface area (Å²) in [5.41, 5.74) is 2.30. The fourth-order valence-electron chi connectivity index (χ4n) is 3.08. The van der Waals surface area contributed by atoms with E-state index < -0.39 is 0 Å². The molecule has 0 saturated heterocycles. The van der Waals surface area contributed by atoms with Crippen molar-refractivity contribution in [3.63, 3.8) is 0 Å². The van der Waals surface area contributed by atoms with E-state index in [1.807, 2.05) is 18.0 Å². The standard InChI is InChI=1S/C19H26Cl2N2O/c1-13(2)18(12-23-8-7-14(3)11-23)22(4)19(24)10-15-5-6-16(20)17(21)9-15/h5-7,9,13,18H,8,10-12H2,1-4H3. The molecule has 1 aliphatic rings. The first-order valence-electron chi connectivity index (χ1n) is 8.35. The number of likely N-dealkylation sites (N-methyl/N-ethyl adjacent to an activating group) is 1. The van der Waals surface area contributed by atoms with Crippen LogP contribution in [-0.4, -0.2) is 48.4 Å². The number of carbonyl (C=O) groups excluding carboxylic acids is 1. The van der Waals surface area contributed by atoms with Gasteiger partial charge in [0, 0.05) is 32.7 Å². The Hall–Kier alpha value is -1.03. The molecule has 0 radical (unpaired) electrons. The second-order valence-electron chi connectivity index (χ2n) is 6.99. The topological polar surface area (TPSA) is 23.6 Å². The lowest BCUT2D eigenvalue weighted by Crippen LogP contribution is -2.47. The van der Waals surface area contributed by atoms with Gasteiger partial charge in [0.1, 0.15) is 0 Å². The first-order chi connectivity index (χ1) is 11.3. The molecular weight excluding hydrogens is 343 g/mol. The lowest BCUT2D eigenvalue weighted by molar-refractivity contribution is -0.132. The van der Waals surface area contributed by atoms with Gasteiger partial charge in [0.25, 0.3) is 0 Å². The molecule has 1 atom stereocenters. The van der Waals surface area contributed by atoms with E-state index in [1.54, 1.807) is 12.1 Å². The van der Waals surface area contributed by atoms with Gasteiger partial charge < -0.3 is 4.90 Å². The number of benzene rings is 1. The van der Waals surface area contributed by atoms with E-state index in [2.05, 4.69) is 31.7 Å². The molecule has 0 N–H and O–H groups in total. The molecule has 24 heavy (non-hydrogen) atoms. The average Bonchev–Trinajstić information content (AvgIpc) is 2.93. The molecule has 1 aliphatic heterocycles. The zero-order valence-electron chi connectivity index (χ0n) is 14.9. The fourth-order valence-corrected chi connectivity index (χ4v) is 3.41. The Morgan fingerprint density at radius 1 is 1.29 bits per heavy atom. The van der Waals surface area contributed by atoms with Crippen LogP contribution in [0.25, 0.3) is 0 Å². The summed E-state index contributed by atoms with van der Waals surface area (Å²) in [7, 11) is 1.90. The summed E-state index contributed by atoms with van der Waals surface area (Å²) in [6, 6.07) is 5.57. The summed E-state index contributed by atoms with van der Waals surface area (Å²) in [4.78, 5) is 17.0. The van der Waals surface area contributed by atoms with Crippen LogP contribution in [0.2, 0.25) is 10.0 Å². The van der Waals surface area contributed by atoms with Gasteiger partial charge in [-0.25, -0.2) is 0 Å². The van der Waals surface area contributed by atoms with E-state index >= 15 is 0 Å². The predicted octanol–water partition coefficient (Wildman–Crippen LogP) is 4.28. The maximum absolute atomic E-state index is 12.7. The van der Waals surface area contributed by atoms with E-state index in [1.165, 1.54) is 5.57 Å². The summed E-state index contributed by atoms with van der Waals surface area (Å²) in [6.45, 7) is 9.37. The van der Waals surface area contributed by atoms with Gasteiger partial charge in [-0.2, -0.15) is 0 Å². The van der Waals surface area contributed by atoms with Gasteiger partial charge in [0.15, 0.2) is 0 Å². The Kier molecular flexibility index (Phi) is 6.73. The average molecular weight is 369 g/mol. The van der Waals surface area contributed by atoms with Crippen molar-refractivity contribution in [1.29, 1.82) is 0 Å². The highest BCUT2D eigenvalue weighted by Gasteiger charge is 2.26. The molecule has 2 rings (SSSR count). The molecule has 0 aliphatic carbocycles. The van der Waals surface area contributed by atoms with E-state index in [0.717, 1.165) is 25.2 Å². The lowest BCUT2D eigenvalue weighted by Gasteiger charge is -2.34. The summed E-state index contributed by atoms with van der Waals surface area (Å²) < 4.78 is 0. The number of hydrogen-bond acceptors (Lipinski definition) is 2. The van der Waals surface area contributed by atoms with Crippen molar-refractivity contribution in [2.24, 2.45) is 5.92 Å². The van der Waals surface area contributed by atoms with Gasteiger partial charge >= 0.3 is 0 Å². The Balaban J connectivity index is 2.01. The number of nitrogens with zero attached hydrogens (tertiary/aromatic N) is 2. The third-order valence-corrected chi connectivity index (χ3v) is 5.36. The van der Waals surface area contributed by atoms with E-state index in [4.69, 9.17) is 23.2 Å². The molecule has 1 aromatic rings. The number of hydrogen-bond donors (Lipinski definition) is 0.